The van der Waals surface area contributed by atoms with Gasteiger partial charge in [-0.25, -0.2) is 14.6 Å². The normalized spacial score (nSPS) is 11.8. The number of amides is 1. The maximum Gasteiger partial charge on any atom is 0.408 e. The number of fused-ring (bicyclic) bond motifs is 1. The summed E-state index contributed by atoms with van der Waals surface area (Å²) in [6, 6.07) is -1.12. The molecule has 0 aliphatic rings. The highest BCUT2D eigenvalue weighted by atomic mass is 16.5. The van der Waals surface area contributed by atoms with Crippen molar-refractivity contribution in [3.05, 3.63) is 36.8 Å². The minimum absolute atomic E-state index is 0.0106. The van der Waals surface area contributed by atoms with Crippen LogP contribution in [0.4, 0.5) is 4.79 Å². The van der Waals surface area contributed by atoms with E-state index in [-0.39, 0.29) is 13.0 Å². The fourth-order valence-corrected chi connectivity index (χ4v) is 1.80. The maximum atomic E-state index is 11.4. The van der Waals surface area contributed by atoms with Gasteiger partial charge >= 0.3 is 12.1 Å². The van der Waals surface area contributed by atoms with Gasteiger partial charge in [0.1, 0.15) is 18.2 Å². The monoisotopic (exact) mass is 290 g/mol. The fourth-order valence-electron chi connectivity index (χ4n) is 1.80. The molecule has 2 heterocycles. The molecule has 0 aliphatic carbocycles. The van der Waals surface area contributed by atoms with E-state index in [1.54, 1.807) is 6.20 Å². The fraction of sp³-hybridized carbons (Fsp3) is 0.231. The predicted octanol–water partition coefficient (Wildman–Crippen LogP) is 0.866. The number of aliphatic carboxylic acids is 1. The first-order chi connectivity index (χ1) is 10.1. The Labute approximate surface area is 119 Å². The van der Waals surface area contributed by atoms with Crippen molar-refractivity contribution in [2.45, 2.75) is 12.5 Å². The van der Waals surface area contributed by atoms with E-state index in [2.05, 4.69) is 26.8 Å². The second-order valence-corrected chi connectivity index (χ2v) is 4.19. The number of aromatic amines is 1. The summed E-state index contributed by atoms with van der Waals surface area (Å²) in [6.07, 6.45) is 5.32. The average Bonchev–Trinajstić information content (AvgIpc) is 2.87. The Morgan fingerprint density at radius 1 is 1.48 bits per heavy atom. The number of H-pyrrole nitrogens is 1. The lowest BCUT2D eigenvalue weighted by Gasteiger charge is -2.13. The lowest BCUT2D eigenvalue weighted by atomic mass is 10.1. The number of nitrogens with zero attached hydrogens (tertiary/aromatic N) is 2. The molecule has 0 bridgehead atoms. The van der Waals surface area contributed by atoms with E-state index in [1.807, 2.05) is 0 Å². The summed E-state index contributed by atoms with van der Waals surface area (Å²) in [6.45, 7) is 3.41. The predicted molar refractivity (Wildman–Crippen MR) is 73.7 cm³/mol. The molecule has 2 rings (SSSR count). The quantitative estimate of drug-likeness (QED) is 0.679. The van der Waals surface area contributed by atoms with Gasteiger partial charge in [0.25, 0.3) is 0 Å². The summed E-state index contributed by atoms with van der Waals surface area (Å²) in [5.74, 6) is -1.16. The third-order valence-corrected chi connectivity index (χ3v) is 2.73. The van der Waals surface area contributed by atoms with Gasteiger partial charge in [-0.3, -0.25) is 4.98 Å². The minimum atomic E-state index is -1.16. The second kappa shape index (κ2) is 6.51. The molecule has 2 aromatic heterocycles. The van der Waals surface area contributed by atoms with Crippen molar-refractivity contribution in [3.8, 4) is 0 Å². The molecule has 0 radical (unpaired) electrons. The maximum absolute atomic E-state index is 11.4. The lowest BCUT2D eigenvalue weighted by Crippen LogP contribution is -2.42. The molecule has 0 aliphatic heterocycles. The van der Waals surface area contributed by atoms with Gasteiger partial charge in [-0.15, -0.1) is 0 Å². The molecule has 1 unspecified atom stereocenters. The zero-order valence-electron chi connectivity index (χ0n) is 11.1. The summed E-state index contributed by atoms with van der Waals surface area (Å²) in [5.41, 5.74) is 1.78. The van der Waals surface area contributed by atoms with Crippen molar-refractivity contribution < 1.29 is 19.4 Å². The van der Waals surface area contributed by atoms with E-state index in [0.717, 1.165) is 0 Å². The highest BCUT2D eigenvalue weighted by molar-refractivity contribution is 5.82. The molecule has 8 heteroatoms. The van der Waals surface area contributed by atoms with Crippen LogP contribution in [0.3, 0.4) is 0 Å². The number of nitrogens with one attached hydrogen (secondary N) is 2. The summed E-state index contributed by atoms with van der Waals surface area (Å²) in [7, 11) is 0. The van der Waals surface area contributed by atoms with Crippen LogP contribution in [0.5, 0.6) is 0 Å². The number of carbonyl (C=O) groups excluding carboxylic acids is 1. The summed E-state index contributed by atoms with van der Waals surface area (Å²) in [5, 5.41) is 11.5. The first kappa shape index (κ1) is 14.5. The van der Waals surface area contributed by atoms with Crippen LogP contribution in [0.15, 0.2) is 31.2 Å². The zero-order valence-corrected chi connectivity index (χ0v) is 11.1. The van der Waals surface area contributed by atoms with Crippen molar-refractivity contribution in [2.75, 3.05) is 6.61 Å². The number of ether oxygens (including phenoxy) is 1. The van der Waals surface area contributed by atoms with Gasteiger partial charge in [-0.2, -0.15) is 0 Å². The van der Waals surface area contributed by atoms with E-state index in [9.17, 15) is 14.7 Å². The Bertz CT molecular complexity index is 667. The largest absolute Gasteiger partial charge is 0.480 e. The van der Waals surface area contributed by atoms with Crippen LogP contribution in [0.25, 0.3) is 11.2 Å². The van der Waals surface area contributed by atoms with E-state index in [4.69, 9.17) is 4.74 Å². The van der Waals surface area contributed by atoms with Crippen LogP contribution in [-0.2, 0) is 16.0 Å². The SMILES string of the molecule is C=CCOC(=O)NC(Cc1c[nH]c2nccnc12)C(=O)O. The number of aromatic nitrogens is 3. The van der Waals surface area contributed by atoms with Crippen molar-refractivity contribution in [2.24, 2.45) is 0 Å². The molecule has 2 aromatic rings. The molecule has 0 saturated heterocycles. The first-order valence-corrected chi connectivity index (χ1v) is 6.15. The second-order valence-electron chi connectivity index (χ2n) is 4.19. The van der Waals surface area contributed by atoms with Gasteiger partial charge < -0.3 is 20.1 Å². The Hall–Kier alpha value is -2.90. The van der Waals surface area contributed by atoms with Gasteiger partial charge in [0.05, 0.1) is 0 Å². The van der Waals surface area contributed by atoms with Gasteiger partial charge in [0.2, 0.25) is 0 Å². The van der Waals surface area contributed by atoms with E-state index in [1.165, 1.54) is 18.5 Å². The zero-order chi connectivity index (χ0) is 15.2. The molecule has 1 amide bonds. The van der Waals surface area contributed by atoms with Crippen molar-refractivity contribution in [1.29, 1.82) is 0 Å². The number of carboxylic acids is 1. The third-order valence-electron chi connectivity index (χ3n) is 2.73. The highest BCUT2D eigenvalue weighted by Crippen LogP contribution is 2.14. The number of hydrogen-bond donors (Lipinski definition) is 3. The van der Waals surface area contributed by atoms with Crippen LogP contribution < -0.4 is 5.32 Å². The Kier molecular flexibility index (Phi) is 4.50. The summed E-state index contributed by atoms with van der Waals surface area (Å²) >= 11 is 0. The topological polar surface area (TPSA) is 117 Å². The first-order valence-electron chi connectivity index (χ1n) is 6.15. The number of carboxylic acid groups (broad SMARTS) is 1. The summed E-state index contributed by atoms with van der Waals surface area (Å²) < 4.78 is 4.71. The van der Waals surface area contributed by atoms with Crippen LogP contribution in [-0.4, -0.2) is 44.8 Å². The lowest BCUT2D eigenvalue weighted by molar-refractivity contribution is -0.139. The van der Waals surface area contributed by atoms with Gasteiger partial charge in [-0.05, 0) is 0 Å². The van der Waals surface area contributed by atoms with Crippen molar-refractivity contribution in [3.63, 3.8) is 0 Å². The molecule has 8 nitrogen and oxygen atoms in total. The van der Waals surface area contributed by atoms with Crippen LogP contribution in [0.1, 0.15) is 5.56 Å². The highest BCUT2D eigenvalue weighted by Gasteiger charge is 2.22. The van der Waals surface area contributed by atoms with Crippen molar-refractivity contribution >= 4 is 23.2 Å². The number of carbonyl (C=O) groups is 2. The van der Waals surface area contributed by atoms with E-state index < -0.39 is 18.1 Å². The number of rotatable bonds is 6. The molecular weight excluding hydrogens is 276 g/mol. The molecule has 0 saturated carbocycles. The Balaban J connectivity index is 2.11. The Morgan fingerprint density at radius 3 is 2.95 bits per heavy atom. The standard InChI is InChI=1S/C13H14N4O4/c1-2-5-21-13(20)17-9(12(18)19)6-8-7-16-11-10(8)14-3-4-15-11/h2-4,7,9H,1,5-6H2,(H,15,16)(H,17,20)(H,18,19). The van der Waals surface area contributed by atoms with Crippen LogP contribution in [0, 0.1) is 0 Å². The molecule has 1 atom stereocenters. The molecule has 21 heavy (non-hydrogen) atoms. The van der Waals surface area contributed by atoms with Gasteiger partial charge in [-0.1, -0.05) is 12.7 Å². The molecule has 0 fully saturated rings. The van der Waals surface area contributed by atoms with E-state index in [0.29, 0.717) is 16.7 Å². The van der Waals surface area contributed by atoms with Crippen LogP contribution in [0.2, 0.25) is 0 Å². The number of hydrogen-bond acceptors (Lipinski definition) is 5. The molecule has 0 spiro atoms. The van der Waals surface area contributed by atoms with Gasteiger partial charge in [0.15, 0.2) is 5.65 Å². The molecule has 110 valence electrons. The number of alkyl carbamates (subject to hydrolysis) is 1. The van der Waals surface area contributed by atoms with Crippen LogP contribution >= 0.6 is 0 Å². The van der Waals surface area contributed by atoms with Crippen molar-refractivity contribution in [1.82, 2.24) is 20.3 Å². The van der Waals surface area contributed by atoms with Gasteiger partial charge in [0, 0.05) is 30.6 Å². The summed E-state index contributed by atoms with van der Waals surface area (Å²) in [4.78, 5) is 33.8. The molecular formula is C13H14N4O4. The van der Waals surface area contributed by atoms with E-state index >= 15 is 0 Å². The Morgan fingerprint density at radius 2 is 2.24 bits per heavy atom. The minimum Gasteiger partial charge on any atom is -0.480 e. The average molecular weight is 290 g/mol. The molecule has 0 aromatic carbocycles. The molecule has 3 N–H and O–H groups in total. The smallest absolute Gasteiger partial charge is 0.408 e. The third kappa shape index (κ3) is 3.56.